The van der Waals surface area contributed by atoms with Crippen LogP contribution in [0.2, 0.25) is 0 Å². The van der Waals surface area contributed by atoms with Crippen LogP contribution in [0, 0.1) is 10.1 Å². The molecule has 2 aromatic rings. The van der Waals surface area contributed by atoms with Crippen molar-refractivity contribution in [2.75, 3.05) is 12.8 Å². The molecule has 0 unspecified atom stereocenters. The molecule has 8 nitrogen and oxygen atoms in total. The molecule has 0 saturated heterocycles. The molecule has 0 radical (unpaired) electrons. The summed E-state index contributed by atoms with van der Waals surface area (Å²) < 4.78 is 0. The molecule has 0 atom stereocenters. The quantitative estimate of drug-likeness (QED) is 0.668. The standard InChI is InChI=1S/C13H13N5O3/c1-17(8-9-4-2-3-5-15-9)13(19)11-6-10(18(20)21)7-16-12(11)14/h2-7H,8H2,1H3,(H2,14,16). The van der Waals surface area contributed by atoms with Gasteiger partial charge < -0.3 is 10.6 Å². The van der Waals surface area contributed by atoms with Gasteiger partial charge in [-0.2, -0.15) is 0 Å². The monoisotopic (exact) mass is 287 g/mol. The van der Waals surface area contributed by atoms with Gasteiger partial charge in [0.15, 0.2) is 0 Å². The number of carbonyl (C=O) groups is 1. The number of nitrogens with two attached hydrogens (primary N) is 1. The van der Waals surface area contributed by atoms with Crippen LogP contribution in [0.4, 0.5) is 11.5 Å². The van der Waals surface area contributed by atoms with Crippen LogP contribution in [0.1, 0.15) is 16.1 Å². The van der Waals surface area contributed by atoms with E-state index in [2.05, 4.69) is 9.97 Å². The molecule has 1 amide bonds. The van der Waals surface area contributed by atoms with E-state index in [-0.39, 0.29) is 23.6 Å². The molecule has 2 N–H and O–H groups in total. The fourth-order valence-corrected chi connectivity index (χ4v) is 1.75. The summed E-state index contributed by atoms with van der Waals surface area (Å²) in [5.41, 5.74) is 6.05. The molecule has 8 heteroatoms. The fourth-order valence-electron chi connectivity index (χ4n) is 1.75. The number of rotatable bonds is 4. The van der Waals surface area contributed by atoms with Gasteiger partial charge in [0, 0.05) is 19.3 Å². The molecule has 0 aliphatic carbocycles. The second-order valence-corrected chi connectivity index (χ2v) is 4.37. The molecule has 0 aliphatic heterocycles. The molecule has 0 aliphatic rings. The van der Waals surface area contributed by atoms with E-state index in [1.807, 2.05) is 6.07 Å². The molecule has 2 heterocycles. The number of nitrogen functional groups attached to an aromatic ring is 1. The number of aromatic nitrogens is 2. The Bertz CT molecular complexity index is 675. The van der Waals surface area contributed by atoms with E-state index in [0.717, 1.165) is 12.3 Å². The van der Waals surface area contributed by atoms with Gasteiger partial charge in [-0.3, -0.25) is 19.9 Å². The normalized spacial score (nSPS) is 10.1. The number of carbonyl (C=O) groups excluding carboxylic acids is 1. The highest BCUT2D eigenvalue weighted by Crippen LogP contribution is 2.18. The number of amides is 1. The van der Waals surface area contributed by atoms with Crippen molar-refractivity contribution in [3.63, 3.8) is 0 Å². The van der Waals surface area contributed by atoms with Crippen molar-refractivity contribution < 1.29 is 9.72 Å². The van der Waals surface area contributed by atoms with Crippen molar-refractivity contribution in [3.8, 4) is 0 Å². The lowest BCUT2D eigenvalue weighted by molar-refractivity contribution is -0.385. The SMILES string of the molecule is CN(Cc1ccccn1)C(=O)c1cc([N+](=O)[O-])cnc1N. The van der Waals surface area contributed by atoms with Gasteiger partial charge in [-0.25, -0.2) is 4.98 Å². The van der Waals surface area contributed by atoms with Crippen LogP contribution >= 0.6 is 0 Å². The van der Waals surface area contributed by atoms with Crippen LogP contribution in [0.3, 0.4) is 0 Å². The lowest BCUT2D eigenvalue weighted by atomic mass is 10.2. The smallest absolute Gasteiger partial charge is 0.288 e. The molecule has 0 spiro atoms. The summed E-state index contributed by atoms with van der Waals surface area (Å²) in [5, 5.41) is 10.7. The van der Waals surface area contributed by atoms with Crippen LogP contribution in [0.5, 0.6) is 0 Å². The molecule has 0 saturated carbocycles. The molecule has 2 rings (SSSR count). The zero-order valence-corrected chi connectivity index (χ0v) is 11.3. The van der Waals surface area contributed by atoms with E-state index in [0.29, 0.717) is 5.69 Å². The third-order valence-corrected chi connectivity index (χ3v) is 2.82. The van der Waals surface area contributed by atoms with Crippen molar-refractivity contribution in [2.24, 2.45) is 0 Å². The van der Waals surface area contributed by atoms with Crippen LogP contribution in [-0.2, 0) is 6.54 Å². The van der Waals surface area contributed by atoms with Gasteiger partial charge in [-0.15, -0.1) is 0 Å². The van der Waals surface area contributed by atoms with Crippen molar-refractivity contribution >= 4 is 17.4 Å². The zero-order chi connectivity index (χ0) is 15.4. The Balaban J connectivity index is 2.23. The van der Waals surface area contributed by atoms with Gasteiger partial charge in [0.1, 0.15) is 12.0 Å². The Morgan fingerprint density at radius 2 is 2.19 bits per heavy atom. The summed E-state index contributed by atoms with van der Waals surface area (Å²) in [7, 11) is 1.56. The van der Waals surface area contributed by atoms with E-state index in [4.69, 9.17) is 5.73 Å². The summed E-state index contributed by atoms with van der Waals surface area (Å²) in [4.78, 5) is 31.6. The molecule has 0 fully saturated rings. The zero-order valence-electron chi connectivity index (χ0n) is 11.3. The summed E-state index contributed by atoms with van der Waals surface area (Å²) in [6, 6.07) is 6.48. The van der Waals surface area contributed by atoms with Gasteiger partial charge >= 0.3 is 0 Å². The third-order valence-electron chi connectivity index (χ3n) is 2.82. The Kier molecular flexibility index (Phi) is 4.07. The Morgan fingerprint density at radius 1 is 1.43 bits per heavy atom. The van der Waals surface area contributed by atoms with Crippen LogP contribution in [0.25, 0.3) is 0 Å². The second-order valence-electron chi connectivity index (χ2n) is 4.37. The number of hydrogen-bond acceptors (Lipinski definition) is 6. The predicted molar refractivity (Wildman–Crippen MR) is 75.3 cm³/mol. The minimum Gasteiger partial charge on any atom is -0.383 e. The minimum atomic E-state index is -0.623. The molecule has 0 aromatic carbocycles. The van der Waals surface area contributed by atoms with Gasteiger partial charge in [0.05, 0.1) is 22.7 Å². The topological polar surface area (TPSA) is 115 Å². The second kappa shape index (κ2) is 5.95. The van der Waals surface area contributed by atoms with E-state index in [9.17, 15) is 14.9 Å². The van der Waals surface area contributed by atoms with Crippen LogP contribution in [-0.4, -0.2) is 32.7 Å². The van der Waals surface area contributed by atoms with Gasteiger partial charge in [-0.1, -0.05) is 6.07 Å². The molecular weight excluding hydrogens is 274 g/mol. The Labute approximate surface area is 120 Å². The molecule has 0 bridgehead atoms. The van der Waals surface area contributed by atoms with Gasteiger partial charge in [0.25, 0.3) is 11.6 Å². The predicted octanol–water partition coefficient (Wildman–Crippen LogP) is 1.24. The number of nitrogens with zero attached hydrogens (tertiary/aromatic N) is 4. The van der Waals surface area contributed by atoms with E-state index < -0.39 is 10.8 Å². The van der Waals surface area contributed by atoms with E-state index in [1.54, 1.807) is 25.4 Å². The average molecular weight is 287 g/mol. The van der Waals surface area contributed by atoms with Crippen molar-refractivity contribution in [1.29, 1.82) is 0 Å². The summed E-state index contributed by atoms with van der Waals surface area (Å²) in [6.45, 7) is 0.266. The van der Waals surface area contributed by atoms with Crippen molar-refractivity contribution in [1.82, 2.24) is 14.9 Å². The first kappa shape index (κ1) is 14.4. The van der Waals surface area contributed by atoms with E-state index >= 15 is 0 Å². The first-order valence-corrected chi connectivity index (χ1v) is 6.04. The molecular formula is C13H13N5O3. The highest BCUT2D eigenvalue weighted by Gasteiger charge is 2.20. The maximum absolute atomic E-state index is 12.3. The third kappa shape index (κ3) is 3.30. The summed E-state index contributed by atoms with van der Waals surface area (Å²) in [5.74, 6) is -0.493. The number of pyridine rings is 2. The largest absolute Gasteiger partial charge is 0.383 e. The highest BCUT2D eigenvalue weighted by atomic mass is 16.6. The number of hydrogen-bond donors (Lipinski definition) is 1. The van der Waals surface area contributed by atoms with Crippen molar-refractivity contribution in [3.05, 3.63) is 58.0 Å². The lowest BCUT2D eigenvalue weighted by Gasteiger charge is -2.17. The highest BCUT2D eigenvalue weighted by molar-refractivity contribution is 5.98. The Hall–Kier alpha value is -3.03. The van der Waals surface area contributed by atoms with Crippen LogP contribution < -0.4 is 5.73 Å². The number of anilines is 1. The molecule has 21 heavy (non-hydrogen) atoms. The summed E-state index contributed by atoms with van der Waals surface area (Å²) >= 11 is 0. The first-order chi connectivity index (χ1) is 9.99. The van der Waals surface area contributed by atoms with Gasteiger partial charge in [0.2, 0.25) is 0 Å². The maximum atomic E-state index is 12.3. The summed E-state index contributed by atoms with van der Waals surface area (Å²) in [6.07, 6.45) is 2.64. The first-order valence-electron chi connectivity index (χ1n) is 6.04. The van der Waals surface area contributed by atoms with E-state index in [1.165, 1.54) is 4.90 Å². The van der Waals surface area contributed by atoms with Crippen molar-refractivity contribution in [2.45, 2.75) is 6.54 Å². The van der Waals surface area contributed by atoms with Gasteiger partial charge in [-0.05, 0) is 12.1 Å². The Morgan fingerprint density at radius 3 is 2.81 bits per heavy atom. The lowest BCUT2D eigenvalue weighted by Crippen LogP contribution is -2.27. The molecule has 2 aromatic heterocycles. The fraction of sp³-hybridized carbons (Fsp3) is 0.154. The number of nitro groups is 1. The minimum absolute atomic E-state index is 0.00244. The average Bonchev–Trinajstić information content (AvgIpc) is 2.47. The molecule has 108 valence electrons. The van der Waals surface area contributed by atoms with Crippen LogP contribution in [0.15, 0.2) is 36.7 Å². The maximum Gasteiger partial charge on any atom is 0.288 e.